The van der Waals surface area contributed by atoms with Crippen molar-refractivity contribution < 1.29 is 5.11 Å². The molecule has 1 atom stereocenters. The lowest BCUT2D eigenvalue weighted by Crippen LogP contribution is -2.43. The highest BCUT2D eigenvalue weighted by molar-refractivity contribution is 14.1. The van der Waals surface area contributed by atoms with Gasteiger partial charge in [-0.25, -0.2) is 4.99 Å². The molecule has 1 heterocycles. The fourth-order valence-corrected chi connectivity index (χ4v) is 3.83. The van der Waals surface area contributed by atoms with Gasteiger partial charge in [-0.15, -0.1) is 0 Å². The maximum absolute atomic E-state index is 11.2. The van der Waals surface area contributed by atoms with Crippen LogP contribution in [0.3, 0.4) is 0 Å². The van der Waals surface area contributed by atoms with Crippen LogP contribution in [0, 0.1) is 14.9 Å². The molecule has 3 aromatic carbocycles. The van der Waals surface area contributed by atoms with E-state index in [0.717, 1.165) is 20.5 Å². The monoisotopic (exact) mass is 480 g/mol. The van der Waals surface area contributed by atoms with Gasteiger partial charge in [0, 0.05) is 21.4 Å². The van der Waals surface area contributed by atoms with Crippen molar-refractivity contribution >= 4 is 45.4 Å². The van der Waals surface area contributed by atoms with E-state index in [1.165, 1.54) is 0 Å². The summed E-state index contributed by atoms with van der Waals surface area (Å²) >= 11 is 2.22. The zero-order chi connectivity index (χ0) is 19.7. The molecule has 1 aliphatic heterocycles. The molecule has 0 saturated heterocycles. The minimum atomic E-state index is -0.984. The van der Waals surface area contributed by atoms with Crippen LogP contribution in [0.15, 0.2) is 71.7 Å². The number of aliphatic hydroxyl groups is 1. The van der Waals surface area contributed by atoms with Crippen molar-refractivity contribution in [3.8, 4) is 6.07 Å². The molecular weight excluding hydrogens is 463 g/mol. The van der Waals surface area contributed by atoms with Gasteiger partial charge in [0.25, 0.3) is 0 Å². The minimum Gasteiger partial charge on any atom is -0.398 e. The number of para-hydroxylation sites is 2. The third-order valence-electron chi connectivity index (χ3n) is 4.74. The Bertz CT molecular complexity index is 1120. The molecule has 0 aliphatic carbocycles. The van der Waals surface area contributed by atoms with Crippen LogP contribution in [0.1, 0.15) is 16.7 Å². The third-order valence-corrected chi connectivity index (χ3v) is 5.41. The molecule has 0 aromatic heterocycles. The third kappa shape index (κ3) is 3.35. The molecular formula is C22H17IN4O. The van der Waals surface area contributed by atoms with Gasteiger partial charge >= 0.3 is 0 Å². The lowest BCUT2D eigenvalue weighted by molar-refractivity contribution is 0.232. The van der Waals surface area contributed by atoms with Crippen LogP contribution >= 0.6 is 22.6 Å². The summed E-state index contributed by atoms with van der Waals surface area (Å²) in [6.07, 6.45) is -0.984. The zero-order valence-electron chi connectivity index (χ0n) is 14.9. The Morgan fingerprint density at radius 3 is 2.68 bits per heavy atom. The minimum absolute atomic E-state index is 0.380. The largest absolute Gasteiger partial charge is 0.398 e. The molecule has 138 valence electrons. The van der Waals surface area contributed by atoms with Crippen LogP contribution in [0.25, 0.3) is 0 Å². The lowest BCUT2D eigenvalue weighted by Gasteiger charge is -2.35. The van der Waals surface area contributed by atoms with Gasteiger partial charge in [0.2, 0.25) is 0 Å². The molecule has 4 rings (SSSR count). The summed E-state index contributed by atoms with van der Waals surface area (Å²) in [6.45, 7) is 0.380. The summed E-state index contributed by atoms with van der Waals surface area (Å²) in [5, 5.41) is 20.7. The smallest absolute Gasteiger partial charge is 0.171 e. The van der Waals surface area contributed by atoms with Gasteiger partial charge in [-0.3, -0.25) is 0 Å². The van der Waals surface area contributed by atoms with E-state index in [2.05, 4.69) is 28.7 Å². The van der Waals surface area contributed by atoms with Crippen LogP contribution < -0.4 is 10.6 Å². The molecule has 0 spiro atoms. The van der Waals surface area contributed by atoms with E-state index in [9.17, 15) is 10.4 Å². The van der Waals surface area contributed by atoms with E-state index in [-0.39, 0.29) is 0 Å². The number of hydrogen-bond acceptors (Lipinski definition) is 5. The predicted octanol–water partition coefficient (Wildman–Crippen LogP) is 4.20. The second-order valence-electron chi connectivity index (χ2n) is 6.49. The van der Waals surface area contributed by atoms with Gasteiger partial charge < -0.3 is 15.7 Å². The number of nitrogens with zero attached hydrogens (tertiary/aromatic N) is 3. The first-order valence-corrected chi connectivity index (χ1v) is 9.82. The Morgan fingerprint density at radius 1 is 1.11 bits per heavy atom. The maximum atomic E-state index is 11.2. The number of nitriles is 1. The number of hydrogen-bond donors (Lipinski definition) is 2. The van der Waals surface area contributed by atoms with Crippen molar-refractivity contribution in [1.82, 2.24) is 0 Å². The van der Waals surface area contributed by atoms with E-state index in [0.29, 0.717) is 29.1 Å². The molecule has 3 N–H and O–H groups in total. The number of halogens is 1. The molecule has 0 bridgehead atoms. The molecule has 0 saturated carbocycles. The SMILES string of the molecule is N#Cc1ccccc1CN1c2ccccc2N=C(c2cc(I)ccc2N)C1O. The van der Waals surface area contributed by atoms with E-state index >= 15 is 0 Å². The first kappa shape index (κ1) is 18.5. The summed E-state index contributed by atoms with van der Waals surface area (Å²) < 4.78 is 1.01. The van der Waals surface area contributed by atoms with E-state index in [4.69, 9.17) is 10.7 Å². The Labute approximate surface area is 176 Å². The van der Waals surface area contributed by atoms with Crippen LogP contribution in [0.5, 0.6) is 0 Å². The van der Waals surface area contributed by atoms with Gasteiger partial charge in [0.05, 0.1) is 28.7 Å². The van der Waals surface area contributed by atoms with E-state index in [1.807, 2.05) is 65.6 Å². The van der Waals surface area contributed by atoms with Gasteiger partial charge in [-0.05, 0) is 64.6 Å². The first-order valence-electron chi connectivity index (χ1n) is 8.74. The lowest BCUT2D eigenvalue weighted by atomic mass is 10.0. The highest BCUT2D eigenvalue weighted by Crippen LogP contribution is 2.37. The first-order chi connectivity index (χ1) is 13.6. The van der Waals surface area contributed by atoms with Crippen LogP contribution in [0.2, 0.25) is 0 Å². The van der Waals surface area contributed by atoms with Crippen molar-refractivity contribution in [1.29, 1.82) is 5.26 Å². The number of nitrogen functional groups attached to an aromatic ring is 1. The quantitative estimate of drug-likeness (QED) is 0.435. The average molecular weight is 480 g/mol. The van der Waals surface area contributed by atoms with E-state index < -0.39 is 6.23 Å². The van der Waals surface area contributed by atoms with Crippen LogP contribution in [0.4, 0.5) is 17.1 Å². The molecule has 1 aliphatic rings. The summed E-state index contributed by atoms with van der Waals surface area (Å²) in [5.41, 5.74) is 11.0. The Balaban J connectivity index is 1.83. The molecule has 1 unspecified atom stereocenters. The van der Waals surface area contributed by atoms with Crippen molar-refractivity contribution in [2.45, 2.75) is 12.8 Å². The normalized spacial score (nSPS) is 15.5. The average Bonchev–Trinajstić information content (AvgIpc) is 2.72. The number of benzene rings is 3. The predicted molar refractivity (Wildman–Crippen MR) is 120 cm³/mol. The number of fused-ring (bicyclic) bond motifs is 1. The maximum Gasteiger partial charge on any atom is 0.171 e. The second kappa shape index (κ2) is 7.62. The van der Waals surface area contributed by atoms with Crippen LogP contribution in [-0.2, 0) is 6.54 Å². The standard InChI is InChI=1S/C22H17IN4O/c23-16-9-10-18(25)17(11-16)21-22(28)27(20-8-4-3-7-19(20)26-21)13-15-6-2-1-5-14(15)12-24/h1-11,22,28H,13,25H2. The van der Waals surface area contributed by atoms with Crippen molar-refractivity contribution in [3.63, 3.8) is 0 Å². The van der Waals surface area contributed by atoms with Crippen molar-refractivity contribution in [2.75, 3.05) is 10.6 Å². The van der Waals surface area contributed by atoms with Crippen molar-refractivity contribution in [2.24, 2.45) is 4.99 Å². The molecule has 0 fully saturated rings. The number of rotatable bonds is 3. The van der Waals surface area contributed by atoms with Gasteiger partial charge in [0.15, 0.2) is 6.23 Å². The van der Waals surface area contributed by atoms with E-state index in [1.54, 1.807) is 6.07 Å². The number of aliphatic hydroxyl groups excluding tert-OH is 1. The highest BCUT2D eigenvalue weighted by Gasteiger charge is 2.30. The topological polar surface area (TPSA) is 85.6 Å². The molecule has 28 heavy (non-hydrogen) atoms. The second-order valence-corrected chi connectivity index (χ2v) is 7.73. The molecule has 3 aromatic rings. The summed E-state index contributed by atoms with van der Waals surface area (Å²) in [7, 11) is 0. The summed E-state index contributed by atoms with van der Waals surface area (Å²) in [5.74, 6) is 0. The fourth-order valence-electron chi connectivity index (χ4n) is 3.34. The number of aliphatic imine (C=N–C) groups is 1. The van der Waals surface area contributed by atoms with Gasteiger partial charge in [-0.2, -0.15) is 5.26 Å². The Kier molecular flexibility index (Phi) is 5.03. The van der Waals surface area contributed by atoms with Gasteiger partial charge in [-0.1, -0.05) is 30.3 Å². The zero-order valence-corrected chi connectivity index (χ0v) is 17.0. The Morgan fingerprint density at radius 2 is 1.86 bits per heavy atom. The van der Waals surface area contributed by atoms with Crippen molar-refractivity contribution in [3.05, 3.63) is 87.0 Å². The summed E-state index contributed by atoms with van der Waals surface area (Å²) in [4.78, 5) is 6.56. The molecule has 0 radical (unpaired) electrons. The Hall–Kier alpha value is -2.89. The number of nitrogens with two attached hydrogens (primary N) is 1. The fraction of sp³-hybridized carbons (Fsp3) is 0.0909. The molecule has 0 amide bonds. The highest BCUT2D eigenvalue weighted by atomic mass is 127. The molecule has 6 heteroatoms. The van der Waals surface area contributed by atoms with Gasteiger partial charge in [0.1, 0.15) is 0 Å². The summed E-state index contributed by atoms with van der Waals surface area (Å²) in [6, 6.07) is 23.0. The van der Waals surface area contributed by atoms with Crippen LogP contribution in [-0.4, -0.2) is 17.0 Å². The molecule has 5 nitrogen and oxygen atoms in total. The number of anilines is 2.